The molecule has 1 aromatic rings. The minimum absolute atomic E-state index is 0.829. The van der Waals surface area contributed by atoms with E-state index in [4.69, 9.17) is 11.6 Å². The highest BCUT2D eigenvalue weighted by Gasteiger charge is 2.18. The zero-order valence-electron chi connectivity index (χ0n) is 10.7. The smallest absolute Gasteiger partial charge is 0.0411 e. The summed E-state index contributed by atoms with van der Waals surface area (Å²) in [5, 5.41) is 0.829. The molecule has 0 saturated heterocycles. The van der Waals surface area contributed by atoms with E-state index >= 15 is 0 Å². The van der Waals surface area contributed by atoms with Gasteiger partial charge in [0.05, 0.1) is 0 Å². The van der Waals surface area contributed by atoms with Crippen LogP contribution in [-0.2, 0) is 0 Å². The quantitative estimate of drug-likeness (QED) is 0.642. The van der Waals surface area contributed by atoms with Crippen LogP contribution in [0, 0.1) is 11.8 Å². The van der Waals surface area contributed by atoms with Gasteiger partial charge in [-0.3, -0.25) is 0 Å². The summed E-state index contributed by atoms with van der Waals surface area (Å²) >= 11 is 6.00. The van der Waals surface area contributed by atoms with Crippen LogP contribution < -0.4 is 0 Å². The second-order valence-corrected chi connectivity index (χ2v) is 5.88. The molecule has 0 N–H and O–H groups in total. The van der Waals surface area contributed by atoms with Gasteiger partial charge in [0.2, 0.25) is 0 Å². The Morgan fingerprint density at radius 3 is 2.53 bits per heavy atom. The summed E-state index contributed by atoms with van der Waals surface area (Å²) in [5.41, 5.74) is 2.83. The Bertz CT molecular complexity index is 394. The van der Waals surface area contributed by atoms with Crippen molar-refractivity contribution < 1.29 is 0 Å². The monoisotopic (exact) mass is 248 g/mol. The highest BCUT2D eigenvalue weighted by atomic mass is 35.5. The Kier molecular flexibility index (Phi) is 4.28. The van der Waals surface area contributed by atoms with Crippen LogP contribution in [0.1, 0.15) is 45.1 Å². The van der Waals surface area contributed by atoms with Crippen molar-refractivity contribution in [3.63, 3.8) is 0 Å². The molecule has 1 fully saturated rings. The molecule has 0 spiro atoms. The molecular weight excluding hydrogens is 228 g/mol. The van der Waals surface area contributed by atoms with Crippen molar-refractivity contribution >= 4 is 17.7 Å². The fourth-order valence-electron chi connectivity index (χ4n) is 2.65. The summed E-state index contributed by atoms with van der Waals surface area (Å²) in [5.74, 6) is 1.76. The molecule has 17 heavy (non-hydrogen) atoms. The molecule has 0 atom stereocenters. The fourth-order valence-corrected chi connectivity index (χ4v) is 2.85. The van der Waals surface area contributed by atoms with Crippen LogP contribution in [0.5, 0.6) is 0 Å². The second kappa shape index (κ2) is 5.73. The Hall–Kier alpha value is -0.750. The van der Waals surface area contributed by atoms with E-state index in [0.29, 0.717) is 0 Å². The van der Waals surface area contributed by atoms with E-state index in [9.17, 15) is 0 Å². The molecule has 0 bridgehead atoms. The van der Waals surface area contributed by atoms with Gasteiger partial charge >= 0.3 is 0 Å². The third-order valence-electron chi connectivity index (χ3n) is 3.83. The zero-order chi connectivity index (χ0) is 12.3. The maximum Gasteiger partial charge on any atom is 0.0411 e. The van der Waals surface area contributed by atoms with Crippen LogP contribution in [-0.4, -0.2) is 0 Å². The van der Waals surface area contributed by atoms with E-state index in [1.165, 1.54) is 31.2 Å². The molecule has 1 aliphatic rings. The predicted octanol–water partition coefficient (Wildman–Crippen LogP) is 5.57. The SMILES string of the molecule is CC(C)C1CCC(=Cc2cccc(Cl)c2)CC1. The first-order chi connectivity index (χ1) is 8.15. The first-order valence-corrected chi connectivity index (χ1v) is 6.98. The minimum atomic E-state index is 0.829. The van der Waals surface area contributed by atoms with E-state index in [1.807, 2.05) is 18.2 Å². The van der Waals surface area contributed by atoms with Crippen molar-refractivity contribution in [1.29, 1.82) is 0 Å². The van der Waals surface area contributed by atoms with Crippen LogP contribution in [0.3, 0.4) is 0 Å². The van der Waals surface area contributed by atoms with Gasteiger partial charge in [0.1, 0.15) is 0 Å². The first-order valence-electron chi connectivity index (χ1n) is 6.60. The van der Waals surface area contributed by atoms with E-state index < -0.39 is 0 Å². The standard InChI is InChI=1S/C16H21Cl/c1-12(2)15-8-6-13(7-9-15)10-14-4-3-5-16(17)11-14/h3-5,10-12,15H,6-9H2,1-2H3. The summed E-state index contributed by atoms with van der Waals surface area (Å²) < 4.78 is 0. The van der Waals surface area contributed by atoms with Gasteiger partial charge in [-0.05, 0) is 55.2 Å². The number of hydrogen-bond acceptors (Lipinski definition) is 0. The third-order valence-corrected chi connectivity index (χ3v) is 4.07. The van der Waals surface area contributed by atoms with E-state index in [0.717, 1.165) is 16.9 Å². The number of rotatable bonds is 2. The lowest BCUT2D eigenvalue weighted by Crippen LogP contribution is -2.13. The Morgan fingerprint density at radius 1 is 1.24 bits per heavy atom. The molecule has 0 heterocycles. The minimum Gasteiger partial charge on any atom is -0.0843 e. The third kappa shape index (κ3) is 3.61. The van der Waals surface area contributed by atoms with Crippen molar-refractivity contribution in [2.24, 2.45) is 11.8 Å². The maximum atomic E-state index is 6.00. The van der Waals surface area contributed by atoms with E-state index in [-0.39, 0.29) is 0 Å². The van der Waals surface area contributed by atoms with Gasteiger partial charge in [-0.15, -0.1) is 0 Å². The summed E-state index contributed by atoms with van der Waals surface area (Å²) in [6, 6.07) is 8.13. The number of allylic oxidation sites excluding steroid dienone is 1. The average Bonchev–Trinajstić information content (AvgIpc) is 2.29. The van der Waals surface area contributed by atoms with Gasteiger partial charge in [0.15, 0.2) is 0 Å². The van der Waals surface area contributed by atoms with Gasteiger partial charge in [-0.1, -0.05) is 49.2 Å². The molecule has 0 unspecified atom stereocenters. The largest absolute Gasteiger partial charge is 0.0843 e. The molecule has 1 heteroatoms. The van der Waals surface area contributed by atoms with Crippen LogP contribution in [0.25, 0.3) is 6.08 Å². The zero-order valence-corrected chi connectivity index (χ0v) is 11.5. The summed E-state index contributed by atoms with van der Waals surface area (Å²) in [6.07, 6.45) is 7.54. The van der Waals surface area contributed by atoms with Gasteiger partial charge in [-0.2, -0.15) is 0 Å². The molecule has 1 saturated carbocycles. The molecule has 1 aromatic carbocycles. The van der Waals surface area contributed by atoms with Gasteiger partial charge in [0, 0.05) is 5.02 Å². The highest BCUT2D eigenvalue weighted by molar-refractivity contribution is 6.30. The van der Waals surface area contributed by atoms with Crippen molar-refractivity contribution in [1.82, 2.24) is 0 Å². The summed E-state index contributed by atoms with van der Waals surface area (Å²) in [4.78, 5) is 0. The lowest BCUT2D eigenvalue weighted by Gasteiger charge is -2.27. The molecule has 0 aliphatic heterocycles. The van der Waals surface area contributed by atoms with Crippen molar-refractivity contribution in [3.05, 3.63) is 40.4 Å². The van der Waals surface area contributed by atoms with Gasteiger partial charge in [-0.25, -0.2) is 0 Å². The van der Waals surface area contributed by atoms with Crippen LogP contribution in [0.2, 0.25) is 5.02 Å². The number of hydrogen-bond donors (Lipinski definition) is 0. The lowest BCUT2D eigenvalue weighted by molar-refractivity contribution is 0.312. The summed E-state index contributed by atoms with van der Waals surface area (Å²) in [7, 11) is 0. The highest BCUT2D eigenvalue weighted by Crippen LogP contribution is 2.33. The molecule has 1 aliphatic carbocycles. The van der Waals surface area contributed by atoms with Gasteiger partial charge in [0.25, 0.3) is 0 Å². The predicted molar refractivity (Wildman–Crippen MR) is 76.2 cm³/mol. The van der Waals surface area contributed by atoms with Crippen molar-refractivity contribution in [2.75, 3.05) is 0 Å². The molecule has 0 amide bonds. The fraction of sp³-hybridized carbons (Fsp3) is 0.500. The lowest BCUT2D eigenvalue weighted by atomic mass is 9.79. The molecule has 2 rings (SSSR count). The normalized spacial score (nSPS) is 20.7. The topological polar surface area (TPSA) is 0 Å². The summed E-state index contributed by atoms with van der Waals surface area (Å²) in [6.45, 7) is 4.69. The van der Waals surface area contributed by atoms with Gasteiger partial charge < -0.3 is 0 Å². The maximum absolute atomic E-state index is 6.00. The van der Waals surface area contributed by atoms with Crippen LogP contribution in [0.15, 0.2) is 29.8 Å². The second-order valence-electron chi connectivity index (χ2n) is 5.44. The Balaban J connectivity index is 2.01. The Morgan fingerprint density at radius 2 is 1.94 bits per heavy atom. The van der Waals surface area contributed by atoms with Crippen molar-refractivity contribution in [2.45, 2.75) is 39.5 Å². The molecule has 92 valence electrons. The Labute approximate surface area is 110 Å². The number of benzene rings is 1. The molecule has 0 aromatic heterocycles. The van der Waals surface area contributed by atoms with Crippen LogP contribution in [0.4, 0.5) is 0 Å². The van der Waals surface area contributed by atoms with E-state index in [2.05, 4.69) is 26.0 Å². The molecular formula is C16H21Cl. The first kappa shape index (κ1) is 12.7. The van der Waals surface area contributed by atoms with Crippen molar-refractivity contribution in [3.8, 4) is 0 Å². The molecule has 0 radical (unpaired) electrons. The van der Waals surface area contributed by atoms with Crippen LogP contribution >= 0.6 is 11.6 Å². The van der Waals surface area contributed by atoms with E-state index in [1.54, 1.807) is 5.57 Å². The number of halogens is 1. The average molecular weight is 249 g/mol. The molecule has 0 nitrogen and oxygen atoms in total.